The van der Waals surface area contributed by atoms with Crippen molar-refractivity contribution in [1.29, 1.82) is 0 Å². The first-order chi connectivity index (χ1) is 22.9. The van der Waals surface area contributed by atoms with Crippen molar-refractivity contribution in [2.45, 2.75) is 52.9 Å². The van der Waals surface area contributed by atoms with Gasteiger partial charge in [0, 0.05) is 13.0 Å². The maximum absolute atomic E-state index is 13.5. The van der Waals surface area contributed by atoms with Crippen LogP contribution in [0.4, 0.5) is 22.0 Å². The van der Waals surface area contributed by atoms with E-state index in [4.69, 9.17) is 33.2 Å². The molecule has 1 amide bonds. The minimum atomic E-state index is -2.35. The van der Waals surface area contributed by atoms with Gasteiger partial charge in [0.05, 0.1) is 98.9 Å². The molecule has 0 saturated heterocycles. The zero-order chi connectivity index (χ0) is 35.6. The number of hydrogen-bond acceptors (Lipinski definition) is 10. The summed E-state index contributed by atoms with van der Waals surface area (Å²) in [5.74, 6) is -14.1. The van der Waals surface area contributed by atoms with Gasteiger partial charge in [-0.25, -0.2) is 13.2 Å². The molecule has 11 nitrogen and oxygen atoms in total. The molecule has 0 atom stereocenters. The summed E-state index contributed by atoms with van der Waals surface area (Å²) in [6.45, 7) is 11.5. The van der Waals surface area contributed by atoms with E-state index >= 15 is 0 Å². The molecule has 0 radical (unpaired) electrons. The van der Waals surface area contributed by atoms with E-state index in [0.717, 1.165) is 19.3 Å². The normalized spacial score (nSPS) is 11.7. The van der Waals surface area contributed by atoms with Crippen molar-refractivity contribution in [3.8, 4) is 5.75 Å². The van der Waals surface area contributed by atoms with Crippen LogP contribution in [0.2, 0.25) is 0 Å². The maximum atomic E-state index is 13.5. The average Bonchev–Trinajstić information content (AvgIpc) is 3.04. The standard InChI is InChI=1S/C32H50F5NO10/c1-32(2,3)8-4-5-9-38-24(39)6-10-41-12-14-43-16-18-45-20-22-47-23-21-46-19-17-44-15-13-42-11-7-25(40)48-31-29(36)27(34)26(33)28(35)30(31)37/h4-23H2,1-3H3,(H,38,39). The van der Waals surface area contributed by atoms with Crippen LogP contribution >= 0.6 is 0 Å². The quantitative estimate of drug-likeness (QED) is 0.0319. The fraction of sp³-hybridized carbons (Fsp3) is 0.750. The molecule has 278 valence electrons. The van der Waals surface area contributed by atoms with E-state index in [0.29, 0.717) is 84.4 Å². The Morgan fingerprint density at radius 2 is 0.875 bits per heavy atom. The zero-order valence-corrected chi connectivity index (χ0v) is 28.1. The van der Waals surface area contributed by atoms with Gasteiger partial charge < -0.3 is 43.2 Å². The first-order valence-electron chi connectivity index (χ1n) is 16.0. The lowest BCUT2D eigenvalue weighted by atomic mass is 9.90. The van der Waals surface area contributed by atoms with Crippen molar-refractivity contribution in [1.82, 2.24) is 5.32 Å². The zero-order valence-electron chi connectivity index (χ0n) is 28.1. The predicted octanol–water partition coefficient (Wildman–Crippen LogP) is 4.52. The summed E-state index contributed by atoms with van der Waals surface area (Å²) in [5.41, 5.74) is 0.322. The van der Waals surface area contributed by atoms with Gasteiger partial charge in [0.25, 0.3) is 0 Å². The number of rotatable bonds is 29. The Morgan fingerprint density at radius 3 is 1.27 bits per heavy atom. The van der Waals surface area contributed by atoms with Crippen LogP contribution in [0, 0.1) is 34.5 Å². The SMILES string of the molecule is CC(C)(C)CCCCNC(=O)CCOCCOCCOCCOCCOCCOCCOCCC(=O)Oc1c(F)c(F)c(F)c(F)c1F. The van der Waals surface area contributed by atoms with Gasteiger partial charge in [0.2, 0.25) is 40.7 Å². The van der Waals surface area contributed by atoms with E-state index in [1.807, 2.05) is 0 Å². The summed E-state index contributed by atoms with van der Waals surface area (Å²) < 4.78 is 108. The summed E-state index contributed by atoms with van der Waals surface area (Å²) in [4.78, 5) is 23.4. The third-order valence-corrected chi connectivity index (χ3v) is 6.22. The fourth-order valence-corrected chi connectivity index (χ4v) is 3.68. The van der Waals surface area contributed by atoms with Gasteiger partial charge in [-0.1, -0.05) is 27.2 Å². The number of benzene rings is 1. The number of amides is 1. The van der Waals surface area contributed by atoms with Crippen LogP contribution < -0.4 is 10.1 Å². The van der Waals surface area contributed by atoms with Crippen molar-refractivity contribution in [3.05, 3.63) is 29.1 Å². The molecular formula is C32H50F5NO10. The lowest BCUT2D eigenvalue weighted by Crippen LogP contribution is -2.25. The monoisotopic (exact) mass is 703 g/mol. The number of nitrogens with one attached hydrogen (secondary N) is 1. The third kappa shape index (κ3) is 21.5. The van der Waals surface area contributed by atoms with Gasteiger partial charge in [-0.3, -0.25) is 9.59 Å². The molecule has 0 unspecified atom stereocenters. The Balaban J connectivity index is 1.80. The molecule has 48 heavy (non-hydrogen) atoms. The van der Waals surface area contributed by atoms with Crippen LogP contribution in [0.15, 0.2) is 0 Å². The molecule has 0 aliphatic carbocycles. The topological polar surface area (TPSA) is 120 Å². The van der Waals surface area contributed by atoms with Crippen molar-refractivity contribution < 1.29 is 69.4 Å². The predicted molar refractivity (Wildman–Crippen MR) is 163 cm³/mol. The van der Waals surface area contributed by atoms with E-state index in [1.165, 1.54) is 0 Å². The smallest absolute Gasteiger partial charge is 0.313 e. The lowest BCUT2D eigenvalue weighted by Gasteiger charge is -2.17. The van der Waals surface area contributed by atoms with Crippen molar-refractivity contribution in [3.63, 3.8) is 0 Å². The Hall–Kier alpha value is -2.47. The molecule has 0 saturated carbocycles. The van der Waals surface area contributed by atoms with Crippen molar-refractivity contribution in [2.24, 2.45) is 5.41 Å². The number of ether oxygens (including phenoxy) is 8. The Bertz CT molecular complexity index is 1020. The third-order valence-electron chi connectivity index (χ3n) is 6.22. The summed E-state index contributed by atoms with van der Waals surface area (Å²) in [6, 6.07) is 0. The Labute approximate surface area is 279 Å². The first kappa shape index (κ1) is 43.6. The minimum absolute atomic E-state index is 0.00267. The molecule has 1 aromatic carbocycles. The Kier molecular flexibility index (Phi) is 24.0. The number of unbranched alkanes of at least 4 members (excludes halogenated alkanes) is 1. The second kappa shape index (κ2) is 26.4. The van der Waals surface area contributed by atoms with Crippen molar-refractivity contribution >= 4 is 11.9 Å². The van der Waals surface area contributed by atoms with Crippen LogP contribution in [0.5, 0.6) is 5.75 Å². The van der Waals surface area contributed by atoms with E-state index in [9.17, 15) is 31.5 Å². The first-order valence-corrected chi connectivity index (χ1v) is 16.0. The molecule has 16 heteroatoms. The number of halogens is 5. The lowest BCUT2D eigenvalue weighted by molar-refractivity contribution is -0.136. The molecule has 1 aromatic rings. The highest BCUT2D eigenvalue weighted by atomic mass is 19.2. The van der Waals surface area contributed by atoms with Gasteiger partial charge in [-0.05, 0) is 18.3 Å². The van der Waals surface area contributed by atoms with Crippen LogP contribution in [0.25, 0.3) is 0 Å². The molecule has 0 aliphatic rings. The molecule has 0 aromatic heterocycles. The molecule has 0 aliphatic heterocycles. The molecular weight excluding hydrogens is 653 g/mol. The van der Waals surface area contributed by atoms with Crippen LogP contribution in [-0.2, 0) is 42.7 Å². The highest BCUT2D eigenvalue weighted by Crippen LogP contribution is 2.29. The number of esters is 1. The van der Waals surface area contributed by atoms with Crippen LogP contribution in [-0.4, -0.2) is 111 Å². The van der Waals surface area contributed by atoms with Crippen LogP contribution in [0.3, 0.4) is 0 Å². The largest absolute Gasteiger partial charge is 0.420 e. The Morgan fingerprint density at radius 1 is 0.521 bits per heavy atom. The highest BCUT2D eigenvalue weighted by Gasteiger charge is 2.28. The molecule has 0 heterocycles. The molecule has 1 rings (SSSR count). The highest BCUT2D eigenvalue weighted by molar-refractivity contribution is 5.75. The number of carbonyl (C=O) groups excluding carboxylic acids is 2. The van der Waals surface area contributed by atoms with E-state index in [1.54, 1.807) is 0 Å². The second-order valence-electron chi connectivity index (χ2n) is 11.5. The van der Waals surface area contributed by atoms with Crippen LogP contribution in [0.1, 0.15) is 52.9 Å². The van der Waals surface area contributed by atoms with Gasteiger partial charge >= 0.3 is 5.97 Å². The minimum Gasteiger partial charge on any atom is -0.420 e. The fourth-order valence-electron chi connectivity index (χ4n) is 3.68. The summed E-state index contributed by atoms with van der Waals surface area (Å²) in [5, 5.41) is 2.91. The van der Waals surface area contributed by atoms with Gasteiger partial charge in [0.15, 0.2) is 0 Å². The molecule has 1 N–H and O–H groups in total. The molecule has 0 bridgehead atoms. The van der Waals surface area contributed by atoms with E-state index < -0.39 is 47.2 Å². The number of carbonyl (C=O) groups is 2. The average molecular weight is 704 g/mol. The van der Waals surface area contributed by atoms with Gasteiger partial charge in [-0.2, -0.15) is 8.78 Å². The maximum Gasteiger partial charge on any atom is 0.313 e. The molecule has 0 spiro atoms. The van der Waals surface area contributed by atoms with Gasteiger partial charge in [-0.15, -0.1) is 0 Å². The molecule has 0 fully saturated rings. The second-order valence-corrected chi connectivity index (χ2v) is 11.5. The van der Waals surface area contributed by atoms with Crippen molar-refractivity contribution in [2.75, 3.05) is 99.0 Å². The van der Waals surface area contributed by atoms with Gasteiger partial charge in [0.1, 0.15) is 0 Å². The summed E-state index contributed by atoms with van der Waals surface area (Å²) in [7, 11) is 0. The number of hydrogen-bond donors (Lipinski definition) is 1. The summed E-state index contributed by atoms with van der Waals surface area (Å²) in [6.07, 6.45) is 3.06. The van der Waals surface area contributed by atoms with E-state index in [-0.39, 0.29) is 32.3 Å². The van der Waals surface area contributed by atoms with E-state index in [2.05, 4.69) is 30.8 Å². The summed E-state index contributed by atoms with van der Waals surface area (Å²) >= 11 is 0.